The van der Waals surface area contributed by atoms with Crippen LogP contribution in [-0.2, 0) is 14.1 Å². The predicted molar refractivity (Wildman–Crippen MR) is 72.0 cm³/mol. The maximum atomic E-state index is 12.1. The minimum atomic E-state index is -1.43. The average Bonchev–Trinajstić information content (AvgIpc) is 2.70. The molecule has 0 spiro atoms. The van der Waals surface area contributed by atoms with Crippen molar-refractivity contribution in [1.29, 1.82) is 0 Å². The Kier molecular flexibility index (Phi) is 3.76. The number of carbonyl (C=O) groups excluding carboxylic acids is 2. The molecular weight excluding hydrogens is 265 g/mol. The number of hydrogen-bond donors (Lipinski definition) is 0. The van der Waals surface area contributed by atoms with Crippen LogP contribution in [-0.4, -0.2) is 28.9 Å². The lowest BCUT2D eigenvalue weighted by Gasteiger charge is -2.25. The van der Waals surface area contributed by atoms with E-state index in [1.807, 2.05) is 30.3 Å². The normalized spacial score (nSPS) is 19.2. The molecule has 0 bridgehead atoms. The van der Waals surface area contributed by atoms with E-state index in [1.54, 1.807) is 20.8 Å². The molecule has 5 nitrogen and oxygen atoms in total. The van der Waals surface area contributed by atoms with Crippen LogP contribution in [0.5, 0.6) is 0 Å². The summed E-state index contributed by atoms with van der Waals surface area (Å²) in [6, 6.07) is 9.23. The van der Waals surface area contributed by atoms with Crippen LogP contribution in [0, 0.1) is 0 Å². The van der Waals surface area contributed by atoms with Crippen LogP contribution in [0.25, 0.3) is 0 Å². The third kappa shape index (κ3) is 3.44. The van der Waals surface area contributed by atoms with Gasteiger partial charge in [0.2, 0.25) is 8.30 Å². The molecule has 6 heteroatoms. The van der Waals surface area contributed by atoms with Gasteiger partial charge in [-0.05, 0) is 32.9 Å². The van der Waals surface area contributed by atoms with Crippen LogP contribution < -0.4 is 5.30 Å². The highest BCUT2D eigenvalue weighted by atomic mass is 31.2. The molecule has 0 N–H and O–H groups in total. The maximum Gasteiger partial charge on any atom is 0.416 e. The van der Waals surface area contributed by atoms with Crippen LogP contribution in [0.3, 0.4) is 0 Å². The molecule has 1 saturated heterocycles. The van der Waals surface area contributed by atoms with Crippen molar-refractivity contribution in [2.24, 2.45) is 0 Å². The number of carbonyl (C=O) groups is 2. The van der Waals surface area contributed by atoms with Gasteiger partial charge in [0.25, 0.3) is 0 Å². The van der Waals surface area contributed by atoms with Crippen molar-refractivity contribution in [2.45, 2.75) is 26.4 Å². The Bertz CT molecular complexity index is 483. The summed E-state index contributed by atoms with van der Waals surface area (Å²) in [5, 5.41) is 0.814. The topological polar surface area (TPSA) is 55.8 Å². The van der Waals surface area contributed by atoms with Crippen molar-refractivity contribution in [3.05, 3.63) is 30.3 Å². The van der Waals surface area contributed by atoms with Crippen molar-refractivity contribution >= 4 is 25.7 Å². The fourth-order valence-electron chi connectivity index (χ4n) is 1.56. The van der Waals surface area contributed by atoms with E-state index < -0.39 is 26.0 Å². The Morgan fingerprint density at radius 1 is 1.32 bits per heavy atom. The Morgan fingerprint density at radius 3 is 2.53 bits per heavy atom. The summed E-state index contributed by atoms with van der Waals surface area (Å²) in [4.78, 5) is 23.5. The van der Waals surface area contributed by atoms with E-state index in [1.165, 1.54) is 4.67 Å². The smallest absolute Gasteiger partial charge is 0.416 e. The monoisotopic (exact) mass is 281 g/mol. The van der Waals surface area contributed by atoms with Crippen molar-refractivity contribution in [2.75, 3.05) is 6.54 Å². The van der Waals surface area contributed by atoms with Gasteiger partial charge >= 0.3 is 12.1 Å². The first-order valence-corrected chi connectivity index (χ1v) is 7.14. The van der Waals surface area contributed by atoms with Gasteiger partial charge in [-0.25, -0.2) is 14.3 Å². The molecule has 1 aromatic carbocycles. The lowest BCUT2D eigenvalue weighted by Crippen LogP contribution is -2.34. The molecule has 1 aliphatic heterocycles. The number of amides is 1. The summed E-state index contributed by atoms with van der Waals surface area (Å²) in [6.07, 6.45) is -0.520. The molecule has 19 heavy (non-hydrogen) atoms. The second-order valence-corrected chi connectivity index (χ2v) is 6.84. The molecular formula is C13H16NO4P. The molecule has 0 saturated carbocycles. The quantitative estimate of drug-likeness (QED) is 0.742. The van der Waals surface area contributed by atoms with E-state index in [-0.39, 0.29) is 6.54 Å². The van der Waals surface area contributed by atoms with E-state index in [4.69, 9.17) is 9.26 Å². The molecule has 2 rings (SSSR count). The Morgan fingerprint density at radius 2 is 1.95 bits per heavy atom. The van der Waals surface area contributed by atoms with E-state index in [2.05, 4.69) is 0 Å². The average molecular weight is 281 g/mol. The molecule has 1 heterocycles. The summed E-state index contributed by atoms with van der Waals surface area (Å²) in [7, 11) is -1.43. The SMILES string of the molecule is CC(C)(C)OC(=O)N1CC(=O)O[P@@]1c1ccccc1. The Balaban J connectivity index is 2.19. The minimum Gasteiger partial charge on any atom is -0.443 e. The number of benzene rings is 1. The number of nitrogens with zero attached hydrogens (tertiary/aromatic N) is 1. The van der Waals surface area contributed by atoms with Gasteiger partial charge in [-0.3, -0.25) is 0 Å². The predicted octanol–water partition coefficient (Wildman–Crippen LogP) is 2.42. The van der Waals surface area contributed by atoms with Crippen molar-refractivity contribution in [1.82, 2.24) is 4.67 Å². The number of hydrogen-bond acceptors (Lipinski definition) is 4. The fourth-order valence-corrected chi connectivity index (χ4v) is 3.16. The van der Waals surface area contributed by atoms with E-state index in [0.717, 1.165) is 5.30 Å². The zero-order valence-electron chi connectivity index (χ0n) is 11.1. The molecule has 102 valence electrons. The van der Waals surface area contributed by atoms with Crippen LogP contribution in [0.4, 0.5) is 4.79 Å². The highest BCUT2D eigenvalue weighted by molar-refractivity contribution is 7.60. The van der Waals surface area contributed by atoms with Gasteiger partial charge in [-0.1, -0.05) is 18.2 Å². The lowest BCUT2D eigenvalue weighted by atomic mass is 10.2. The highest BCUT2D eigenvalue weighted by Gasteiger charge is 2.40. The van der Waals surface area contributed by atoms with Crippen LogP contribution >= 0.6 is 8.30 Å². The molecule has 1 aliphatic rings. The lowest BCUT2D eigenvalue weighted by molar-refractivity contribution is -0.131. The first-order valence-electron chi connectivity index (χ1n) is 5.93. The van der Waals surface area contributed by atoms with E-state index >= 15 is 0 Å². The van der Waals surface area contributed by atoms with Gasteiger partial charge in [-0.15, -0.1) is 0 Å². The van der Waals surface area contributed by atoms with Crippen molar-refractivity contribution in [3.8, 4) is 0 Å². The summed E-state index contributed by atoms with van der Waals surface area (Å²) in [5.41, 5.74) is -0.597. The molecule has 0 aliphatic carbocycles. The van der Waals surface area contributed by atoms with E-state index in [0.29, 0.717) is 0 Å². The minimum absolute atomic E-state index is 0.0600. The van der Waals surface area contributed by atoms with Crippen LogP contribution in [0.2, 0.25) is 0 Å². The zero-order valence-corrected chi connectivity index (χ0v) is 12.0. The molecule has 0 radical (unpaired) electrons. The van der Waals surface area contributed by atoms with Gasteiger partial charge in [0.15, 0.2) is 0 Å². The summed E-state index contributed by atoms with van der Waals surface area (Å²) in [6.45, 7) is 5.30. The molecule has 1 atom stereocenters. The largest absolute Gasteiger partial charge is 0.443 e. The van der Waals surface area contributed by atoms with Crippen LogP contribution in [0.1, 0.15) is 20.8 Å². The van der Waals surface area contributed by atoms with Gasteiger partial charge in [0.05, 0.1) is 0 Å². The summed E-state index contributed by atoms with van der Waals surface area (Å²) < 4.78 is 11.9. The number of ether oxygens (including phenoxy) is 1. The third-order valence-electron chi connectivity index (χ3n) is 2.27. The van der Waals surface area contributed by atoms with Gasteiger partial charge < -0.3 is 9.26 Å². The first kappa shape index (κ1) is 13.8. The van der Waals surface area contributed by atoms with Crippen LogP contribution in [0.15, 0.2) is 30.3 Å². The Hall–Kier alpha value is -1.61. The van der Waals surface area contributed by atoms with Gasteiger partial charge in [0, 0.05) is 5.30 Å². The molecule has 1 fully saturated rings. The molecule has 0 unspecified atom stereocenters. The molecule has 1 aromatic rings. The standard InChI is InChI=1S/C13H16NO4P/c1-13(2,3)17-12(16)14-9-11(15)18-19(14)10-7-5-4-6-8-10/h4-8H,9H2,1-3H3/t19-/m0/s1. The first-order chi connectivity index (χ1) is 8.87. The van der Waals surface area contributed by atoms with Gasteiger partial charge in [0.1, 0.15) is 12.1 Å². The van der Waals surface area contributed by atoms with E-state index in [9.17, 15) is 9.59 Å². The summed E-state index contributed by atoms with van der Waals surface area (Å²) in [5.74, 6) is -0.402. The zero-order chi connectivity index (χ0) is 14.0. The molecule has 1 amide bonds. The fraction of sp³-hybridized carbons (Fsp3) is 0.385. The highest BCUT2D eigenvalue weighted by Crippen LogP contribution is 2.45. The second kappa shape index (κ2) is 5.17. The second-order valence-electron chi connectivity index (χ2n) is 5.11. The maximum absolute atomic E-state index is 12.1. The third-order valence-corrected chi connectivity index (χ3v) is 4.13. The number of rotatable bonds is 1. The Labute approximate surface area is 113 Å². The van der Waals surface area contributed by atoms with Crippen molar-refractivity contribution < 1.29 is 18.8 Å². The van der Waals surface area contributed by atoms with Crippen molar-refractivity contribution in [3.63, 3.8) is 0 Å². The van der Waals surface area contributed by atoms with Gasteiger partial charge in [-0.2, -0.15) is 0 Å². The summed E-state index contributed by atoms with van der Waals surface area (Å²) >= 11 is 0. The molecule has 0 aromatic heterocycles.